The molecule has 25 heavy (non-hydrogen) atoms. The maximum atomic E-state index is 12.3. The number of hydrogen-bond acceptors (Lipinski definition) is 3. The Labute approximate surface area is 149 Å². The van der Waals surface area contributed by atoms with Gasteiger partial charge in [0.25, 0.3) is 0 Å². The number of hydrogen-bond donors (Lipinski definition) is 2. The smallest absolute Gasteiger partial charge is 0.241 e. The maximum Gasteiger partial charge on any atom is 0.241 e. The van der Waals surface area contributed by atoms with Crippen LogP contribution in [0.1, 0.15) is 36.5 Å². The summed E-state index contributed by atoms with van der Waals surface area (Å²) in [6.45, 7) is 7.55. The van der Waals surface area contributed by atoms with Crippen LogP contribution in [0.15, 0.2) is 47.4 Å². The molecule has 0 bridgehead atoms. The van der Waals surface area contributed by atoms with Crippen LogP contribution in [-0.2, 0) is 14.8 Å². The lowest BCUT2D eigenvalue weighted by molar-refractivity contribution is -0.115. The van der Waals surface area contributed by atoms with Crippen LogP contribution < -0.4 is 10.0 Å². The summed E-state index contributed by atoms with van der Waals surface area (Å²) >= 11 is 0. The summed E-state index contributed by atoms with van der Waals surface area (Å²) in [7, 11) is -3.72. The van der Waals surface area contributed by atoms with Gasteiger partial charge in [-0.2, -0.15) is 0 Å². The minimum Gasteiger partial charge on any atom is -0.324 e. The van der Waals surface area contributed by atoms with Crippen molar-refractivity contribution in [3.05, 3.63) is 59.2 Å². The highest BCUT2D eigenvalue weighted by molar-refractivity contribution is 7.89. The van der Waals surface area contributed by atoms with Gasteiger partial charge in [-0.25, -0.2) is 13.1 Å². The van der Waals surface area contributed by atoms with E-state index in [9.17, 15) is 13.2 Å². The molecule has 0 aliphatic rings. The molecular formula is C19H24N2O3S. The minimum absolute atomic E-state index is 0.150. The second kappa shape index (κ2) is 7.80. The molecule has 0 aliphatic carbocycles. The summed E-state index contributed by atoms with van der Waals surface area (Å²) in [6, 6.07) is 12.4. The third kappa shape index (κ3) is 4.90. The van der Waals surface area contributed by atoms with Gasteiger partial charge in [-0.3, -0.25) is 4.79 Å². The first kappa shape index (κ1) is 19.1. The molecule has 5 nitrogen and oxygen atoms in total. The molecule has 2 N–H and O–H groups in total. The van der Waals surface area contributed by atoms with E-state index in [0.29, 0.717) is 11.6 Å². The van der Waals surface area contributed by atoms with E-state index in [1.165, 1.54) is 0 Å². The van der Waals surface area contributed by atoms with E-state index in [4.69, 9.17) is 0 Å². The largest absolute Gasteiger partial charge is 0.324 e. The van der Waals surface area contributed by atoms with Gasteiger partial charge >= 0.3 is 0 Å². The lowest BCUT2D eigenvalue weighted by Gasteiger charge is -2.12. The molecule has 0 fully saturated rings. The lowest BCUT2D eigenvalue weighted by Crippen LogP contribution is -2.33. The van der Waals surface area contributed by atoms with Crippen molar-refractivity contribution in [2.45, 2.75) is 38.5 Å². The highest BCUT2D eigenvalue weighted by atomic mass is 32.2. The van der Waals surface area contributed by atoms with Crippen molar-refractivity contribution in [1.29, 1.82) is 0 Å². The Bertz CT molecular complexity index is 836. The SMILES string of the molecule is Cc1cccc(C)c1NC(=O)CNS(=O)(=O)c1ccc(C(C)C)cc1. The fraction of sp³-hybridized carbons (Fsp3) is 0.316. The molecule has 2 aromatic rings. The van der Waals surface area contributed by atoms with Crippen LogP contribution in [0.2, 0.25) is 0 Å². The zero-order valence-corrected chi connectivity index (χ0v) is 15.8. The first-order valence-electron chi connectivity index (χ1n) is 8.16. The Hall–Kier alpha value is -2.18. The van der Waals surface area contributed by atoms with Crippen LogP contribution in [0, 0.1) is 13.8 Å². The van der Waals surface area contributed by atoms with Crippen LogP contribution in [0.25, 0.3) is 0 Å². The van der Waals surface area contributed by atoms with E-state index < -0.39 is 15.9 Å². The molecular weight excluding hydrogens is 336 g/mol. The van der Waals surface area contributed by atoms with Crippen molar-refractivity contribution >= 4 is 21.6 Å². The molecule has 0 heterocycles. The molecule has 0 aliphatic heterocycles. The van der Waals surface area contributed by atoms with Crippen molar-refractivity contribution in [2.75, 3.05) is 11.9 Å². The van der Waals surface area contributed by atoms with Crippen molar-refractivity contribution in [3.63, 3.8) is 0 Å². The standard InChI is InChI=1S/C19H24N2O3S/c1-13(2)16-8-10-17(11-9-16)25(23,24)20-12-18(22)21-19-14(3)6-5-7-15(19)4/h5-11,13,20H,12H2,1-4H3,(H,21,22). The molecule has 0 unspecified atom stereocenters. The molecule has 2 rings (SSSR count). The predicted octanol–water partition coefficient (Wildman–Crippen LogP) is 3.34. The second-order valence-electron chi connectivity index (χ2n) is 6.36. The van der Waals surface area contributed by atoms with E-state index in [1.807, 2.05) is 45.9 Å². The normalized spacial score (nSPS) is 11.6. The Morgan fingerprint density at radius 1 is 1.00 bits per heavy atom. The number of aryl methyl sites for hydroxylation is 2. The fourth-order valence-electron chi connectivity index (χ4n) is 2.47. The van der Waals surface area contributed by atoms with Crippen molar-refractivity contribution in [2.24, 2.45) is 0 Å². The van der Waals surface area contributed by atoms with Gasteiger partial charge in [0.1, 0.15) is 0 Å². The second-order valence-corrected chi connectivity index (χ2v) is 8.13. The number of carbonyl (C=O) groups is 1. The first-order chi connectivity index (χ1) is 11.7. The number of anilines is 1. The molecule has 0 aromatic heterocycles. The highest BCUT2D eigenvalue weighted by Gasteiger charge is 2.16. The van der Waals surface area contributed by atoms with Crippen LogP contribution in [0.4, 0.5) is 5.69 Å². The maximum absolute atomic E-state index is 12.3. The molecule has 0 saturated heterocycles. The third-order valence-electron chi connectivity index (χ3n) is 4.03. The van der Waals surface area contributed by atoms with Crippen LogP contribution in [0.5, 0.6) is 0 Å². The summed E-state index contributed by atoms with van der Waals surface area (Å²) in [4.78, 5) is 12.3. The first-order valence-corrected chi connectivity index (χ1v) is 9.64. The van der Waals surface area contributed by atoms with E-state index in [2.05, 4.69) is 10.0 Å². The number of carbonyl (C=O) groups excluding carboxylic acids is 1. The summed E-state index contributed by atoms with van der Waals surface area (Å²) < 4.78 is 27.0. The van der Waals surface area contributed by atoms with Gasteiger partial charge in [0.15, 0.2) is 0 Å². The molecule has 6 heteroatoms. The highest BCUT2D eigenvalue weighted by Crippen LogP contribution is 2.19. The Morgan fingerprint density at radius 3 is 2.08 bits per heavy atom. The van der Waals surface area contributed by atoms with Crippen molar-refractivity contribution in [1.82, 2.24) is 4.72 Å². The number of sulfonamides is 1. The third-order valence-corrected chi connectivity index (χ3v) is 5.44. The van der Waals surface area contributed by atoms with Gasteiger partial charge in [-0.05, 0) is 48.6 Å². The summed E-state index contributed by atoms with van der Waals surface area (Å²) in [5.41, 5.74) is 3.64. The van der Waals surface area contributed by atoms with Gasteiger partial charge in [-0.15, -0.1) is 0 Å². The van der Waals surface area contributed by atoms with Gasteiger partial charge in [0.2, 0.25) is 15.9 Å². The monoisotopic (exact) mass is 360 g/mol. The molecule has 1 amide bonds. The van der Waals surface area contributed by atoms with Crippen molar-refractivity contribution < 1.29 is 13.2 Å². The molecule has 0 saturated carbocycles. The Kier molecular flexibility index (Phi) is 5.98. The van der Waals surface area contributed by atoms with Crippen molar-refractivity contribution in [3.8, 4) is 0 Å². The predicted molar refractivity (Wildman–Crippen MR) is 100 cm³/mol. The van der Waals surface area contributed by atoms with Crippen LogP contribution in [0.3, 0.4) is 0 Å². The topological polar surface area (TPSA) is 75.3 Å². The van der Waals surface area contributed by atoms with E-state index in [-0.39, 0.29) is 11.4 Å². The Morgan fingerprint density at radius 2 is 1.56 bits per heavy atom. The number of para-hydroxylation sites is 1. The fourth-order valence-corrected chi connectivity index (χ4v) is 3.45. The van der Waals surface area contributed by atoms with Gasteiger partial charge in [0.05, 0.1) is 11.4 Å². The summed E-state index contributed by atoms with van der Waals surface area (Å²) in [5.74, 6) is -0.0763. The molecule has 0 atom stereocenters. The molecule has 0 radical (unpaired) electrons. The van der Waals surface area contributed by atoms with Crippen LogP contribution >= 0.6 is 0 Å². The average Bonchev–Trinajstić information content (AvgIpc) is 2.56. The number of amides is 1. The molecule has 0 spiro atoms. The average molecular weight is 360 g/mol. The lowest BCUT2D eigenvalue weighted by atomic mass is 10.0. The summed E-state index contributed by atoms with van der Waals surface area (Å²) in [5, 5.41) is 2.76. The van der Waals surface area contributed by atoms with E-state index in [1.54, 1.807) is 24.3 Å². The number of benzene rings is 2. The zero-order valence-electron chi connectivity index (χ0n) is 15.0. The van der Waals surface area contributed by atoms with Gasteiger partial charge < -0.3 is 5.32 Å². The van der Waals surface area contributed by atoms with Gasteiger partial charge in [-0.1, -0.05) is 44.2 Å². The zero-order chi connectivity index (χ0) is 18.6. The number of rotatable bonds is 6. The summed E-state index contributed by atoms with van der Waals surface area (Å²) in [6.07, 6.45) is 0. The minimum atomic E-state index is -3.72. The quantitative estimate of drug-likeness (QED) is 0.829. The Balaban J connectivity index is 2.03. The molecule has 134 valence electrons. The molecule has 2 aromatic carbocycles. The van der Waals surface area contributed by atoms with Crippen LogP contribution in [-0.4, -0.2) is 20.9 Å². The van der Waals surface area contributed by atoms with E-state index in [0.717, 1.165) is 16.7 Å². The van der Waals surface area contributed by atoms with E-state index >= 15 is 0 Å². The number of nitrogens with one attached hydrogen (secondary N) is 2. The van der Waals surface area contributed by atoms with Gasteiger partial charge in [0, 0.05) is 5.69 Å².